The summed E-state index contributed by atoms with van der Waals surface area (Å²) in [7, 11) is 1.21. The standard InChI is InChI=1S/C60H90N6O21/c1-16-83-47(74)38(37(67)27-82-15)41(68)61-31-58(12)24-34(21-55(6,7)28-58)44(71)64-52(79)65(45(72)35-22-56(8,9)29-59(13,25-35)32-62-42(69)39(48(75)84-17-2)49(76)85-18-3)54(81)66(53(64)80)46(73)36-23-57(10,11)30-60(14,26-36)33-63-43(70)40(50(77)86-19-4)51(78)87-20-5/h34-36,38-40H,16-33H2,1-15H3,(H,61,68)(H,62,69)(H,63,70). The number of esters is 5. The van der Waals surface area contributed by atoms with Gasteiger partial charge in [0, 0.05) is 44.5 Å². The Morgan fingerprint density at radius 2 is 0.632 bits per heavy atom. The van der Waals surface area contributed by atoms with Crippen LogP contribution >= 0.6 is 0 Å². The zero-order chi connectivity index (χ0) is 65.9. The molecule has 486 valence electrons. The van der Waals surface area contributed by atoms with Gasteiger partial charge in [0.2, 0.25) is 47.3 Å². The van der Waals surface area contributed by atoms with E-state index in [2.05, 4.69) is 16.0 Å². The number of methoxy groups -OCH3 is 1. The average molecular weight is 1230 g/mol. The second-order valence-electron chi connectivity index (χ2n) is 26.8. The molecule has 0 spiro atoms. The molecule has 7 unspecified atom stereocenters. The molecule has 4 rings (SSSR count). The van der Waals surface area contributed by atoms with E-state index in [-0.39, 0.29) is 105 Å². The van der Waals surface area contributed by atoms with Crippen molar-refractivity contribution in [2.75, 3.05) is 66.4 Å². The molecule has 3 amide bonds. The molecule has 3 aliphatic rings. The Bertz CT molecular complexity index is 2630. The molecule has 87 heavy (non-hydrogen) atoms. The van der Waals surface area contributed by atoms with Crippen LogP contribution in [0.5, 0.6) is 0 Å². The third-order valence-electron chi connectivity index (χ3n) is 16.3. The quantitative estimate of drug-likeness (QED) is 0.0720. The van der Waals surface area contributed by atoms with Crippen LogP contribution in [-0.2, 0) is 71.6 Å². The van der Waals surface area contributed by atoms with E-state index in [0.29, 0.717) is 19.3 Å². The van der Waals surface area contributed by atoms with Crippen LogP contribution in [0, 0.1) is 68.0 Å². The molecule has 0 aliphatic heterocycles. The predicted molar refractivity (Wildman–Crippen MR) is 308 cm³/mol. The van der Waals surface area contributed by atoms with Crippen LogP contribution in [0.3, 0.4) is 0 Å². The molecule has 0 radical (unpaired) electrons. The lowest BCUT2D eigenvalue weighted by Crippen LogP contribution is -2.62. The molecular formula is C60H90N6O21. The molecular weight excluding hydrogens is 1140 g/mol. The summed E-state index contributed by atoms with van der Waals surface area (Å²) >= 11 is 0. The highest BCUT2D eigenvalue weighted by atomic mass is 16.6. The topological polar surface area (TPSA) is 362 Å². The second-order valence-corrected chi connectivity index (χ2v) is 26.8. The Morgan fingerprint density at radius 3 is 0.862 bits per heavy atom. The van der Waals surface area contributed by atoms with Gasteiger partial charge in [0.1, 0.15) is 6.61 Å². The molecule has 7 atom stereocenters. The lowest BCUT2D eigenvalue weighted by Gasteiger charge is -2.46. The number of carbonyl (C=O) groups excluding carboxylic acids is 12. The van der Waals surface area contributed by atoms with E-state index in [1.807, 2.05) is 0 Å². The predicted octanol–water partition coefficient (Wildman–Crippen LogP) is 2.82. The van der Waals surface area contributed by atoms with Crippen LogP contribution in [-0.4, -0.2) is 151 Å². The molecule has 3 N–H and O–H groups in total. The van der Waals surface area contributed by atoms with Crippen molar-refractivity contribution in [2.45, 2.75) is 155 Å². The van der Waals surface area contributed by atoms with Crippen molar-refractivity contribution in [3.05, 3.63) is 31.5 Å². The summed E-state index contributed by atoms with van der Waals surface area (Å²) < 4.78 is 30.2. The minimum absolute atomic E-state index is 0.000393. The van der Waals surface area contributed by atoms with Crippen LogP contribution in [0.15, 0.2) is 14.4 Å². The van der Waals surface area contributed by atoms with Crippen molar-refractivity contribution in [3.63, 3.8) is 0 Å². The van der Waals surface area contributed by atoms with Crippen molar-refractivity contribution >= 4 is 71.1 Å². The average Bonchev–Trinajstić information content (AvgIpc) is 0.769. The first-order valence-corrected chi connectivity index (χ1v) is 29.7. The van der Waals surface area contributed by atoms with Crippen LogP contribution in [0.1, 0.15) is 169 Å². The number of nitrogens with zero attached hydrogens (tertiary/aromatic N) is 3. The maximum Gasteiger partial charge on any atom is 0.350 e. The number of nitrogens with one attached hydrogen (secondary N) is 3. The number of hydrogen-bond acceptors (Lipinski definition) is 21. The van der Waals surface area contributed by atoms with Gasteiger partial charge in [-0.05, 0) is 125 Å². The Kier molecular flexibility index (Phi) is 24.3. The first kappa shape index (κ1) is 72.3. The Hall–Kier alpha value is -7.19. The fourth-order valence-electron chi connectivity index (χ4n) is 14.1. The van der Waals surface area contributed by atoms with Crippen LogP contribution < -0.4 is 33.0 Å². The van der Waals surface area contributed by atoms with Gasteiger partial charge in [-0.2, -0.15) is 13.7 Å². The lowest BCUT2D eigenvalue weighted by molar-refractivity contribution is -0.167. The molecule has 0 saturated heterocycles. The van der Waals surface area contributed by atoms with Crippen molar-refractivity contribution in [3.8, 4) is 0 Å². The SMILES string of the molecule is CCOC(=O)C(C(=O)COC)C(=O)NCC1(C)CC(C(=O)n2c(=O)n(C(=O)C3CC(C)(C)CC(C)(CNC(=O)C(C(=O)OCC)C(=O)OCC)C3)c(=O)n(C(=O)C3CC(C)(C)CC(C)(CNC(=O)C(C(=O)OCC)C(=O)OCC)C3)c2=O)CC(C)(C)C1. The minimum atomic E-state index is -1.99. The molecule has 0 bridgehead atoms. The third kappa shape index (κ3) is 18.0. The van der Waals surface area contributed by atoms with E-state index in [1.165, 1.54) is 41.7 Å². The summed E-state index contributed by atoms with van der Waals surface area (Å²) in [5, 5.41) is 7.88. The van der Waals surface area contributed by atoms with Gasteiger partial charge in [0.15, 0.2) is 11.7 Å². The third-order valence-corrected chi connectivity index (χ3v) is 16.3. The van der Waals surface area contributed by atoms with Gasteiger partial charge in [-0.15, -0.1) is 0 Å². The number of Topliss-reactive ketones (excluding diaryl/α,β-unsaturated/α-hetero) is 1. The number of ether oxygens (including phenoxy) is 6. The molecule has 3 aliphatic carbocycles. The van der Waals surface area contributed by atoms with Crippen molar-refractivity contribution in [2.24, 2.45) is 68.0 Å². The van der Waals surface area contributed by atoms with E-state index in [9.17, 15) is 43.2 Å². The van der Waals surface area contributed by atoms with Crippen LogP contribution in [0.25, 0.3) is 0 Å². The van der Waals surface area contributed by atoms with E-state index in [4.69, 9.17) is 28.4 Å². The fourth-order valence-corrected chi connectivity index (χ4v) is 14.1. The van der Waals surface area contributed by atoms with Gasteiger partial charge in [0.25, 0.3) is 0 Å². The highest BCUT2D eigenvalue weighted by molar-refractivity contribution is 6.17. The summed E-state index contributed by atoms with van der Waals surface area (Å²) in [4.78, 5) is 210. The Morgan fingerprint density at radius 1 is 0.402 bits per heavy atom. The highest BCUT2D eigenvalue weighted by Gasteiger charge is 2.51. The van der Waals surface area contributed by atoms with Gasteiger partial charge in [-0.1, -0.05) is 62.3 Å². The molecule has 1 aromatic heterocycles. The normalized spacial score (nSPS) is 24.1. The van der Waals surface area contributed by atoms with Gasteiger partial charge in [0.05, 0.1) is 33.0 Å². The molecule has 1 aromatic rings. The van der Waals surface area contributed by atoms with Crippen molar-refractivity contribution < 1.29 is 86.0 Å². The number of rotatable bonds is 25. The fraction of sp³-hybridized carbons (Fsp3) is 0.750. The van der Waals surface area contributed by atoms with Crippen molar-refractivity contribution in [1.82, 2.24) is 29.7 Å². The number of hydrogen-bond donors (Lipinski definition) is 3. The highest BCUT2D eigenvalue weighted by Crippen LogP contribution is 2.51. The molecule has 27 nitrogen and oxygen atoms in total. The lowest BCUT2D eigenvalue weighted by atomic mass is 9.60. The molecule has 3 fully saturated rings. The number of aromatic nitrogens is 3. The summed E-state index contributed by atoms with van der Waals surface area (Å²) in [5.41, 5.74) is -10.6. The number of amides is 3. The maximum atomic E-state index is 15.4. The van der Waals surface area contributed by atoms with Gasteiger partial charge < -0.3 is 44.4 Å². The van der Waals surface area contributed by atoms with Gasteiger partial charge in [-0.3, -0.25) is 57.5 Å². The van der Waals surface area contributed by atoms with Gasteiger partial charge in [-0.25, -0.2) is 14.4 Å². The van der Waals surface area contributed by atoms with Crippen LogP contribution in [0.2, 0.25) is 0 Å². The first-order valence-electron chi connectivity index (χ1n) is 29.7. The Labute approximate surface area is 505 Å². The smallest absolute Gasteiger partial charge is 0.350 e. The number of ketones is 1. The summed E-state index contributed by atoms with van der Waals surface area (Å²) in [6.07, 6.45) is 0.444. The maximum absolute atomic E-state index is 15.4. The van der Waals surface area contributed by atoms with E-state index in [1.54, 1.807) is 62.3 Å². The van der Waals surface area contributed by atoms with Crippen LogP contribution in [0.4, 0.5) is 0 Å². The van der Waals surface area contributed by atoms with E-state index < -0.39 is 163 Å². The minimum Gasteiger partial charge on any atom is -0.465 e. The second kappa shape index (κ2) is 29.2. The largest absolute Gasteiger partial charge is 0.465 e. The molecule has 0 aromatic carbocycles. The summed E-state index contributed by atoms with van der Waals surface area (Å²) in [6, 6.07) is 0. The van der Waals surface area contributed by atoms with E-state index in [0.717, 1.165) is 0 Å². The zero-order valence-corrected chi connectivity index (χ0v) is 53.1. The van der Waals surface area contributed by atoms with Crippen molar-refractivity contribution in [1.29, 1.82) is 0 Å². The summed E-state index contributed by atoms with van der Waals surface area (Å²) in [5.74, 6) is -23.0. The monoisotopic (exact) mass is 1230 g/mol. The van der Waals surface area contributed by atoms with E-state index >= 15 is 28.8 Å². The Balaban J connectivity index is 1.90. The number of carbonyl (C=O) groups is 12. The zero-order valence-electron chi connectivity index (χ0n) is 53.1. The summed E-state index contributed by atoms with van der Waals surface area (Å²) in [6.45, 7) is 21.2. The van der Waals surface area contributed by atoms with Gasteiger partial charge >= 0.3 is 46.9 Å². The molecule has 27 heteroatoms. The molecule has 1 heterocycles. The molecule has 3 saturated carbocycles. The first-order chi connectivity index (χ1) is 40.3.